The van der Waals surface area contributed by atoms with Crippen LogP contribution < -0.4 is 0 Å². The second-order valence-corrected chi connectivity index (χ2v) is 5.04. The van der Waals surface area contributed by atoms with Crippen molar-refractivity contribution in [1.29, 1.82) is 5.26 Å². The van der Waals surface area contributed by atoms with Gasteiger partial charge in [0, 0.05) is 11.4 Å². The monoisotopic (exact) mass is 255 g/mol. The largest absolute Gasteiger partial charge is 0.228 e. The lowest BCUT2D eigenvalue weighted by molar-refractivity contribution is 0.899. The minimum atomic E-state index is -0.271. The Labute approximate surface area is 111 Å². The molecule has 18 heavy (non-hydrogen) atoms. The number of nitrogens with zero attached hydrogens (tertiary/aromatic N) is 3. The van der Waals surface area contributed by atoms with Gasteiger partial charge in [0.15, 0.2) is 5.16 Å². The smallest absolute Gasteiger partial charge is 0.189 e. The summed E-state index contributed by atoms with van der Waals surface area (Å²) >= 11 is 1.39. The highest BCUT2D eigenvalue weighted by molar-refractivity contribution is 7.99. The first kappa shape index (κ1) is 12.6. The zero-order chi connectivity index (χ0) is 13.0. The highest BCUT2D eigenvalue weighted by atomic mass is 32.2. The Hall–Kier alpha value is -1.86. The average Bonchev–Trinajstić information content (AvgIpc) is 2.36. The molecule has 4 heteroatoms. The van der Waals surface area contributed by atoms with Gasteiger partial charge in [0.2, 0.25) is 0 Å². The van der Waals surface area contributed by atoms with Crippen molar-refractivity contribution in [1.82, 2.24) is 9.97 Å². The van der Waals surface area contributed by atoms with Gasteiger partial charge in [-0.3, -0.25) is 0 Å². The van der Waals surface area contributed by atoms with Crippen LogP contribution in [0.25, 0.3) is 0 Å². The average molecular weight is 255 g/mol. The second-order valence-electron chi connectivity index (χ2n) is 3.97. The third kappa shape index (κ3) is 3.08. The topological polar surface area (TPSA) is 49.6 Å². The lowest BCUT2D eigenvalue weighted by Gasteiger charge is -2.08. The van der Waals surface area contributed by atoms with Crippen LogP contribution in [0.5, 0.6) is 0 Å². The molecule has 0 aliphatic carbocycles. The van der Waals surface area contributed by atoms with Crippen molar-refractivity contribution < 1.29 is 0 Å². The van der Waals surface area contributed by atoms with Crippen LogP contribution in [0.15, 0.2) is 41.6 Å². The molecule has 1 atom stereocenters. The SMILES string of the molecule is Cc1cc(C)nc(S[C@H](C#N)c2ccccc2)n1. The number of nitriles is 1. The van der Waals surface area contributed by atoms with Gasteiger partial charge >= 0.3 is 0 Å². The maximum Gasteiger partial charge on any atom is 0.189 e. The van der Waals surface area contributed by atoms with Crippen LogP contribution in [0.4, 0.5) is 0 Å². The molecule has 0 N–H and O–H groups in total. The highest BCUT2D eigenvalue weighted by Gasteiger charge is 2.14. The van der Waals surface area contributed by atoms with E-state index in [9.17, 15) is 5.26 Å². The van der Waals surface area contributed by atoms with E-state index < -0.39 is 0 Å². The van der Waals surface area contributed by atoms with Gasteiger partial charge in [-0.1, -0.05) is 42.1 Å². The number of aromatic nitrogens is 2. The van der Waals surface area contributed by atoms with E-state index in [1.165, 1.54) is 11.8 Å². The number of hydrogen-bond donors (Lipinski definition) is 0. The lowest BCUT2D eigenvalue weighted by Crippen LogP contribution is -1.96. The van der Waals surface area contributed by atoms with E-state index in [0.29, 0.717) is 5.16 Å². The standard InChI is InChI=1S/C14H13N3S/c1-10-8-11(2)17-14(16-10)18-13(9-15)12-6-4-3-5-7-12/h3-8,13H,1-2H3/t13-/m1/s1. The van der Waals surface area contributed by atoms with Crippen LogP contribution in [0, 0.1) is 25.2 Å². The molecule has 0 fully saturated rings. The molecule has 0 radical (unpaired) electrons. The molecule has 1 aromatic heterocycles. The van der Waals surface area contributed by atoms with E-state index in [4.69, 9.17) is 0 Å². The van der Waals surface area contributed by atoms with E-state index in [1.807, 2.05) is 50.2 Å². The Morgan fingerprint density at radius 1 is 1.11 bits per heavy atom. The fourth-order valence-electron chi connectivity index (χ4n) is 1.65. The van der Waals surface area contributed by atoms with Gasteiger partial charge < -0.3 is 0 Å². The Morgan fingerprint density at radius 2 is 1.72 bits per heavy atom. The summed E-state index contributed by atoms with van der Waals surface area (Å²) in [7, 11) is 0. The fourth-order valence-corrected chi connectivity index (χ4v) is 2.60. The number of aryl methyl sites for hydroxylation is 2. The molecule has 2 aromatic rings. The van der Waals surface area contributed by atoms with Crippen molar-refractivity contribution in [3.8, 4) is 6.07 Å². The molecule has 0 saturated carbocycles. The molecule has 1 heterocycles. The number of thioether (sulfide) groups is 1. The molecule has 0 aliphatic rings. The summed E-state index contributed by atoms with van der Waals surface area (Å²) in [6.07, 6.45) is 0. The lowest BCUT2D eigenvalue weighted by atomic mass is 10.2. The summed E-state index contributed by atoms with van der Waals surface area (Å²) in [6, 6.07) is 13.9. The summed E-state index contributed by atoms with van der Waals surface area (Å²) in [5, 5.41) is 9.64. The van der Waals surface area contributed by atoms with Crippen molar-refractivity contribution >= 4 is 11.8 Å². The Morgan fingerprint density at radius 3 is 2.28 bits per heavy atom. The summed E-state index contributed by atoms with van der Waals surface area (Å²) in [5.41, 5.74) is 2.83. The molecule has 0 spiro atoms. The van der Waals surface area contributed by atoms with Crippen LogP contribution in [0.2, 0.25) is 0 Å². The zero-order valence-electron chi connectivity index (χ0n) is 10.3. The van der Waals surface area contributed by atoms with Gasteiger partial charge in [0.25, 0.3) is 0 Å². The van der Waals surface area contributed by atoms with Crippen LogP contribution in [0.3, 0.4) is 0 Å². The van der Waals surface area contributed by atoms with E-state index in [1.54, 1.807) is 0 Å². The van der Waals surface area contributed by atoms with E-state index >= 15 is 0 Å². The van der Waals surface area contributed by atoms with Gasteiger partial charge in [0.05, 0.1) is 6.07 Å². The van der Waals surface area contributed by atoms with E-state index in [2.05, 4.69) is 16.0 Å². The Balaban J connectivity index is 2.24. The van der Waals surface area contributed by atoms with E-state index in [-0.39, 0.29) is 5.25 Å². The minimum absolute atomic E-state index is 0.271. The summed E-state index contributed by atoms with van der Waals surface area (Å²) in [5.74, 6) is 0. The summed E-state index contributed by atoms with van der Waals surface area (Å²) < 4.78 is 0. The molecule has 90 valence electrons. The first-order valence-corrected chi connectivity index (χ1v) is 6.50. The molecule has 0 unspecified atom stereocenters. The molecular formula is C14H13N3S. The number of rotatable bonds is 3. The minimum Gasteiger partial charge on any atom is -0.228 e. The number of hydrogen-bond acceptors (Lipinski definition) is 4. The summed E-state index contributed by atoms with van der Waals surface area (Å²) in [4.78, 5) is 8.70. The summed E-state index contributed by atoms with van der Waals surface area (Å²) in [6.45, 7) is 3.87. The highest BCUT2D eigenvalue weighted by Crippen LogP contribution is 2.32. The fraction of sp³-hybridized carbons (Fsp3) is 0.214. The molecule has 2 rings (SSSR count). The predicted octanol–water partition coefficient (Wildman–Crippen LogP) is 3.45. The molecule has 0 bridgehead atoms. The van der Waals surface area contributed by atoms with Crippen LogP contribution >= 0.6 is 11.8 Å². The maximum atomic E-state index is 9.25. The normalized spacial score (nSPS) is 11.8. The van der Waals surface area contributed by atoms with Gasteiger partial charge in [-0.15, -0.1) is 0 Å². The third-order valence-corrected chi connectivity index (χ3v) is 3.41. The van der Waals surface area contributed by atoms with Crippen molar-refractivity contribution in [2.75, 3.05) is 0 Å². The van der Waals surface area contributed by atoms with Crippen molar-refractivity contribution in [3.05, 3.63) is 53.3 Å². The van der Waals surface area contributed by atoms with Crippen LogP contribution in [-0.2, 0) is 0 Å². The predicted molar refractivity (Wildman–Crippen MR) is 72.2 cm³/mol. The van der Waals surface area contributed by atoms with Gasteiger partial charge in [-0.25, -0.2) is 9.97 Å². The maximum absolute atomic E-state index is 9.25. The number of benzene rings is 1. The van der Waals surface area contributed by atoms with Crippen molar-refractivity contribution in [2.45, 2.75) is 24.3 Å². The Kier molecular flexibility index (Phi) is 3.96. The molecule has 0 amide bonds. The van der Waals surface area contributed by atoms with E-state index in [0.717, 1.165) is 17.0 Å². The Bertz CT molecular complexity index is 555. The van der Waals surface area contributed by atoms with Gasteiger partial charge in [0.1, 0.15) is 5.25 Å². The van der Waals surface area contributed by atoms with Crippen molar-refractivity contribution in [2.24, 2.45) is 0 Å². The molecule has 1 aromatic carbocycles. The first-order chi connectivity index (χ1) is 8.69. The first-order valence-electron chi connectivity index (χ1n) is 5.62. The molecule has 0 saturated heterocycles. The van der Waals surface area contributed by atoms with Crippen molar-refractivity contribution in [3.63, 3.8) is 0 Å². The third-order valence-electron chi connectivity index (χ3n) is 2.40. The second kappa shape index (κ2) is 5.65. The van der Waals surface area contributed by atoms with Gasteiger partial charge in [-0.05, 0) is 25.5 Å². The van der Waals surface area contributed by atoms with Crippen LogP contribution in [0.1, 0.15) is 22.2 Å². The molecular weight excluding hydrogens is 242 g/mol. The molecule has 0 aliphatic heterocycles. The van der Waals surface area contributed by atoms with Gasteiger partial charge in [-0.2, -0.15) is 5.26 Å². The zero-order valence-corrected chi connectivity index (χ0v) is 11.1. The quantitative estimate of drug-likeness (QED) is 0.622. The molecule has 3 nitrogen and oxygen atoms in total. The van der Waals surface area contributed by atoms with Crippen LogP contribution in [-0.4, -0.2) is 9.97 Å².